The molecule has 0 aliphatic heterocycles. The van der Waals surface area contributed by atoms with Crippen molar-refractivity contribution >= 4 is 19.5 Å². The summed E-state index contributed by atoms with van der Waals surface area (Å²) in [6.45, 7) is 8.07. The molecule has 0 N–H and O–H groups in total. The Labute approximate surface area is 147 Å². The molecule has 0 fully saturated rings. The Hall–Kier alpha value is -2.32. The molecular weight excluding hydrogens is 339 g/mol. The maximum atomic E-state index is 13.4. The maximum Gasteiger partial charge on any atom is 0.417 e. The lowest BCUT2D eigenvalue weighted by molar-refractivity contribution is -0.137. The Morgan fingerprint density at radius 1 is 0.960 bits per heavy atom. The fourth-order valence-electron chi connectivity index (χ4n) is 2.09. The lowest BCUT2D eigenvalue weighted by Gasteiger charge is -2.12. The maximum absolute atomic E-state index is 13.4. The van der Waals surface area contributed by atoms with Crippen molar-refractivity contribution in [2.45, 2.75) is 32.7 Å². The van der Waals surface area contributed by atoms with E-state index in [0.717, 1.165) is 11.6 Å². The average molecular weight is 359 g/mol. The normalized spacial score (nSPS) is 12.5. The zero-order valence-corrected chi connectivity index (χ0v) is 15.7. The van der Waals surface area contributed by atoms with Crippen LogP contribution < -0.4 is 0 Å². The van der Waals surface area contributed by atoms with Crippen LogP contribution in [0.1, 0.15) is 16.7 Å². The highest BCUT2D eigenvalue weighted by molar-refractivity contribution is 6.84. The Morgan fingerprint density at radius 2 is 1.56 bits per heavy atom. The third kappa shape index (κ3) is 5.61. The molecule has 2 rings (SSSR count). The van der Waals surface area contributed by atoms with Gasteiger partial charge in [0.1, 0.15) is 13.8 Å². The third-order valence-corrected chi connectivity index (χ3v) is 4.19. The summed E-state index contributed by atoms with van der Waals surface area (Å²) in [4.78, 5) is 4.41. The smallest absolute Gasteiger partial charge is 0.239 e. The van der Waals surface area contributed by atoms with Crippen molar-refractivity contribution in [3.63, 3.8) is 0 Å². The fraction of sp³-hybridized carbons (Fsp3) is 0.250. The Kier molecular flexibility index (Phi) is 5.54. The average Bonchev–Trinajstić information content (AvgIpc) is 2.51. The molecule has 2 aromatic rings. The first-order valence-electron chi connectivity index (χ1n) is 7.91. The van der Waals surface area contributed by atoms with Gasteiger partial charge in [0.05, 0.1) is 11.3 Å². The van der Waals surface area contributed by atoms with Crippen molar-refractivity contribution in [2.75, 3.05) is 0 Å². The van der Waals surface area contributed by atoms with E-state index >= 15 is 0 Å². The molecule has 0 spiro atoms. The Balaban J connectivity index is 2.64. The van der Waals surface area contributed by atoms with E-state index in [4.69, 9.17) is 0 Å². The molecule has 1 nitrogen and oxygen atoms in total. The molecule has 0 bridgehead atoms. The minimum atomic E-state index is -4.45. The molecule has 0 radical (unpaired) electrons. The van der Waals surface area contributed by atoms with Crippen LogP contribution >= 0.6 is 0 Å². The zero-order chi connectivity index (χ0) is 18.7. The van der Waals surface area contributed by atoms with Crippen LogP contribution in [-0.4, -0.2) is 13.8 Å². The van der Waals surface area contributed by atoms with Crippen molar-refractivity contribution in [2.24, 2.45) is 4.99 Å². The van der Waals surface area contributed by atoms with E-state index in [1.54, 1.807) is 18.2 Å². The van der Waals surface area contributed by atoms with Gasteiger partial charge in [-0.3, -0.25) is 0 Å². The quantitative estimate of drug-likeness (QED) is 0.353. The van der Waals surface area contributed by atoms with Gasteiger partial charge in [0.2, 0.25) is 0 Å². The number of hydrogen-bond donors (Lipinski definition) is 0. The summed E-state index contributed by atoms with van der Waals surface area (Å²) < 4.78 is 40.1. The van der Waals surface area contributed by atoms with Gasteiger partial charge < -0.3 is 0 Å². The van der Waals surface area contributed by atoms with Crippen LogP contribution in [0.25, 0.3) is 0 Å². The Morgan fingerprint density at radius 3 is 2.12 bits per heavy atom. The molecule has 0 saturated carbocycles. The molecule has 0 aliphatic rings. The lowest BCUT2D eigenvalue weighted by Crippen LogP contribution is -2.18. The van der Waals surface area contributed by atoms with Crippen molar-refractivity contribution in [3.8, 4) is 11.5 Å². The number of rotatable bonds is 2. The van der Waals surface area contributed by atoms with Gasteiger partial charge in [-0.05, 0) is 25.1 Å². The van der Waals surface area contributed by atoms with Gasteiger partial charge in [-0.25, -0.2) is 4.99 Å². The van der Waals surface area contributed by atoms with Crippen molar-refractivity contribution in [3.05, 3.63) is 65.2 Å². The monoisotopic (exact) mass is 359 g/mol. The van der Waals surface area contributed by atoms with Crippen LogP contribution in [0.5, 0.6) is 0 Å². The Bertz CT molecular complexity index is 832. The summed E-state index contributed by atoms with van der Waals surface area (Å²) in [5, 5.41) is 0. The van der Waals surface area contributed by atoms with Gasteiger partial charge in [-0.2, -0.15) is 13.2 Å². The first-order valence-corrected chi connectivity index (χ1v) is 11.4. The number of aliphatic imine (C=N–C) groups is 1. The second-order valence-corrected chi connectivity index (χ2v) is 11.6. The molecule has 130 valence electrons. The van der Waals surface area contributed by atoms with E-state index < -0.39 is 19.8 Å². The molecule has 0 amide bonds. The fourth-order valence-corrected chi connectivity index (χ4v) is 2.58. The molecule has 0 atom stereocenters. The summed E-state index contributed by atoms with van der Waals surface area (Å²) in [5.74, 6) is 2.91. The highest BCUT2D eigenvalue weighted by atomic mass is 28.3. The summed E-state index contributed by atoms with van der Waals surface area (Å²) in [5.41, 5.74) is 4.22. The van der Waals surface area contributed by atoms with Gasteiger partial charge in [-0.1, -0.05) is 61.5 Å². The van der Waals surface area contributed by atoms with E-state index in [9.17, 15) is 13.2 Å². The van der Waals surface area contributed by atoms with Gasteiger partial charge >= 0.3 is 6.18 Å². The van der Waals surface area contributed by atoms with Gasteiger partial charge in [0.15, 0.2) is 0 Å². The van der Waals surface area contributed by atoms with Crippen LogP contribution in [0.4, 0.5) is 18.9 Å². The molecule has 0 saturated heterocycles. The van der Waals surface area contributed by atoms with Gasteiger partial charge in [-0.15, -0.1) is 5.54 Å². The van der Waals surface area contributed by atoms with Crippen LogP contribution in [-0.2, 0) is 6.18 Å². The number of aryl methyl sites for hydroxylation is 1. The third-order valence-electron chi connectivity index (χ3n) is 3.32. The zero-order valence-electron chi connectivity index (χ0n) is 14.7. The predicted octanol–water partition coefficient (Wildman–Crippen LogP) is 6.02. The SMILES string of the molecule is Cc1ccc(N=C(C#C[Si](C)(C)C)c2ccccc2C(F)(F)F)cc1. The van der Waals surface area contributed by atoms with Crippen molar-refractivity contribution in [1.29, 1.82) is 0 Å². The molecule has 25 heavy (non-hydrogen) atoms. The molecule has 0 heterocycles. The second kappa shape index (κ2) is 7.28. The van der Waals surface area contributed by atoms with Crippen molar-refractivity contribution in [1.82, 2.24) is 0 Å². The first kappa shape index (κ1) is 19.0. The standard InChI is InChI=1S/C20H20F3NSi/c1-15-9-11-16(12-10-15)24-19(13-14-25(2,3)4)17-7-5-6-8-18(17)20(21,22)23/h5-12H,1-4H3. The number of nitrogens with zero attached hydrogens (tertiary/aromatic N) is 1. The highest BCUT2D eigenvalue weighted by Gasteiger charge is 2.34. The van der Waals surface area contributed by atoms with E-state index in [1.165, 1.54) is 12.1 Å². The second-order valence-electron chi connectivity index (χ2n) is 6.84. The molecule has 2 aromatic carbocycles. The topological polar surface area (TPSA) is 12.4 Å². The summed E-state index contributed by atoms with van der Waals surface area (Å²) in [6.07, 6.45) is -4.45. The molecule has 0 aliphatic carbocycles. The largest absolute Gasteiger partial charge is 0.417 e. The van der Waals surface area contributed by atoms with Crippen LogP contribution in [0.15, 0.2) is 53.5 Å². The summed E-state index contributed by atoms with van der Waals surface area (Å²) in [7, 11) is -1.77. The predicted molar refractivity (Wildman–Crippen MR) is 99.9 cm³/mol. The van der Waals surface area contributed by atoms with E-state index in [-0.39, 0.29) is 11.3 Å². The minimum Gasteiger partial charge on any atom is -0.239 e. The number of hydrogen-bond acceptors (Lipinski definition) is 1. The molecule has 0 unspecified atom stereocenters. The van der Waals surface area contributed by atoms with E-state index in [1.807, 2.05) is 38.7 Å². The molecule has 0 aromatic heterocycles. The molecule has 5 heteroatoms. The minimum absolute atomic E-state index is 0.0151. The van der Waals surface area contributed by atoms with E-state index in [0.29, 0.717) is 5.69 Å². The summed E-state index contributed by atoms with van der Waals surface area (Å²) >= 11 is 0. The van der Waals surface area contributed by atoms with Crippen molar-refractivity contribution < 1.29 is 13.2 Å². The van der Waals surface area contributed by atoms with Gasteiger partial charge in [0.25, 0.3) is 0 Å². The lowest BCUT2D eigenvalue weighted by atomic mass is 10.0. The van der Waals surface area contributed by atoms with Gasteiger partial charge in [0, 0.05) is 5.56 Å². The number of alkyl halides is 3. The highest BCUT2D eigenvalue weighted by Crippen LogP contribution is 2.32. The van der Waals surface area contributed by atoms with Crippen LogP contribution in [0.2, 0.25) is 19.6 Å². The number of halogens is 3. The summed E-state index contributed by atoms with van der Waals surface area (Å²) in [6, 6.07) is 12.7. The number of benzene rings is 2. The molecular formula is C20H20F3NSi. The first-order chi connectivity index (χ1) is 11.6. The van der Waals surface area contributed by atoms with Crippen LogP contribution in [0.3, 0.4) is 0 Å². The van der Waals surface area contributed by atoms with Crippen LogP contribution in [0, 0.1) is 18.4 Å². The van der Waals surface area contributed by atoms with E-state index in [2.05, 4.69) is 16.5 Å².